The highest BCUT2D eigenvalue weighted by Crippen LogP contribution is 2.09. The highest BCUT2D eigenvalue weighted by Gasteiger charge is 1.95. The quantitative estimate of drug-likeness (QED) is 0.510. The van der Waals surface area contributed by atoms with Crippen LogP contribution in [0.15, 0.2) is 18.2 Å². The smallest absolute Gasteiger partial charge is 0.0205 e. The van der Waals surface area contributed by atoms with Crippen molar-refractivity contribution in [2.45, 2.75) is 20.4 Å². The van der Waals surface area contributed by atoms with Gasteiger partial charge in [-0.1, -0.05) is 40.8 Å². The molecule has 72 valence electrons. The van der Waals surface area contributed by atoms with Crippen molar-refractivity contribution in [1.29, 1.82) is 0 Å². The van der Waals surface area contributed by atoms with Crippen LogP contribution in [-0.2, 0) is 6.54 Å². The molecule has 2 heteroatoms. The van der Waals surface area contributed by atoms with Gasteiger partial charge in [0.05, 0.1) is 0 Å². The Morgan fingerprint density at radius 2 is 2.00 bits per heavy atom. The molecule has 1 rings (SSSR count). The summed E-state index contributed by atoms with van der Waals surface area (Å²) in [5, 5.41) is 3.39. The first kappa shape index (κ1) is 11.0. The first-order valence-corrected chi connectivity index (χ1v) is 6.09. The van der Waals surface area contributed by atoms with E-state index in [1.54, 1.807) is 0 Å². The SMILES string of the molecule is Cc1ccc(CNCCI)cc1C. The number of alkyl halides is 1. The third-order valence-corrected chi connectivity index (χ3v) is 2.71. The van der Waals surface area contributed by atoms with E-state index >= 15 is 0 Å². The minimum atomic E-state index is 0.990. The van der Waals surface area contributed by atoms with E-state index in [4.69, 9.17) is 0 Å². The highest BCUT2D eigenvalue weighted by molar-refractivity contribution is 14.1. The summed E-state index contributed by atoms with van der Waals surface area (Å²) in [7, 11) is 0. The topological polar surface area (TPSA) is 12.0 Å². The van der Waals surface area contributed by atoms with Crippen LogP contribution in [0.5, 0.6) is 0 Å². The Balaban J connectivity index is 2.53. The second kappa shape index (κ2) is 5.60. The molecular weight excluding hydrogens is 273 g/mol. The van der Waals surface area contributed by atoms with Crippen molar-refractivity contribution in [3.8, 4) is 0 Å². The molecule has 0 fully saturated rings. The molecule has 0 aliphatic rings. The van der Waals surface area contributed by atoms with Crippen LogP contribution >= 0.6 is 22.6 Å². The summed E-state index contributed by atoms with van der Waals surface area (Å²) in [6, 6.07) is 6.65. The Morgan fingerprint density at radius 1 is 1.23 bits per heavy atom. The summed E-state index contributed by atoms with van der Waals surface area (Å²) in [4.78, 5) is 0. The molecule has 0 radical (unpaired) electrons. The summed E-state index contributed by atoms with van der Waals surface area (Å²) in [5.74, 6) is 0. The first-order valence-electron chi connectivity index (χ1n) is 4.57. The molecule has 0 aliphatic carbocycles. The van der Waals surface area contributed by atoms with Gasteiger partial charge in [-0.25, -0.2) is 0 Å². The highest BCUT2D eigenvalue weighted by atomic mass is 127. The van der Waals surface area contributed by atoms with Crippen LogP contribution in [0, 0.1) is 13.8 Å². The van der Waals surface area contributed by atoms with Gasteiger partial charge in [0, 0.05) is 17.5 Å². The minimum absolute atomic E-state index is 0.990. The van der Waals surface area contributed by atoms with Crippen molar-refractivity contribution < 1.29 is 0 Å². The molecule has 0 unspecified atom stereocenters. The van der Waals surface area contributed by atoms with Crippen molar-refractivity contribution in [2.75, 3.05) is 11.0 Å². The lowest BCUT2D eigenvalue weighted by Crippen LogP contribution is -2.15. The normalized spacial score (nSPS) is 10.4. The van der Waals surface area contributed by atoms with E-state index in [0.29, 0.717) is 0 Å². The van der Waals surface area contributed by atoms with E-state index in [2.05, 4.69) is 60.0 Å². The average Bonchev–Trinajstić information content (AvgIpc) is 2.12. The lowest BCUT2D eigenvalue weighted by Gasteiger charge is -2.05. The number of aryl methyl sites for hydroxylation is 2. The van der Waals surface area contributed by atoms with E-state index in [0.717, 1.165) is 13.1 Å². The molecule has 0 spiro atoms. The predicted octanol–water partition coefficient (Wildman–Crippen LogP) is 2.83. The maximum absolute atomic E-state index is 3.39. The number of halogens is 1. The van der Waals surface area contributed by atoms with E-state index in [1.807, 2.05) is 0 Å². The van der Waals surface area contributed by atoms with Crippen LogP contribution in [0.4, 0.5) is 0 Å². The van der Waals surface area contributed by atoms with Crippen LogP contribution in [-0.4, -0.2) is 11.0 Å². The zero-order chi connectivity index (χ0) is 9.68. The molecule has 0 saturated heterocycles. The van der Waals surface area contributed by atoms with Crippen LogP contribution in [0.3, 0.4) is 0 Å². The molecule has 13 heavy (non-hydrogen) atoms. The van der Waals surface area contributed by atoms with E-state index < -0.39 is 0 Å². The van der Waals surface area contributed by atoms with Gasteiger partial charge in [0.1, 0.15) is 0 Å². The Kier molecular flexibility index (Phi) is 4.73. The molecule has 0 atom stereocenters. The predicted molar refractivity (Wildman–Crippen MR) is 66.5 cm³/mol. The van der Waals surface area contributed by atoms with E-state index in [1.165, 1.54) is 21.1 Å². The molecule has 0 aromatic heterocycles. The van der Waals surface area contributed by atoms with Crippen LogP contribution in [0.25, 0.3) is 0 Å². The molecule has 0 heterocycles. The third kappa shape index (κ3) is 3.65. The molecular formula is C11H16IN. The zero-order valence-electron chi connectivity index (χ0n) is 8.23. The second-order valence-corrected chi connectivity index (χ2v) is 4.36. The maximum atomic E-state index is 3.39. The van der Waals surface area contributed by atoms with E-state index in [-0.39, 0.29) is 0 Å². The van der Waals surface area contributed by atoms with Crippen LogP contribution < -0.4 is 5.32 Å². The zero-order valence-corrected chi connectivity index (χ0v) is 10.4. The van der Waals surface area contributed by atoms with Gasteiger partial charge in [0.2, 0.25) is 0 Å². The summed E-state index contributed by atoms with van der Waals surface area (Å²) in [6.45, 7) is 6.39. The lowest BCUT2D eigenvalue weighted by atomic mass is 10.1. The molecule has 1 aromatic rings. The fourth-order valence-corrected chi connectivity index (χ4v) is 1.59. The minimum Gasteiger partial charge on any atom is -0.312 e. The lowest BCUT2D eigenvalue weighted by molar-refractivity contribution is 0.736. The van der Waals surface area contributed by atoms with Gasteiger partial charge >= 0.3 is 0 Å². The fraction of sp³-hybridized carbons (Fsp3) is 0.455. The molecule has 1 aromatic carbocycles. The van der Waals surface area contributed by atoms with Crippen molar-refractivity contribution in [3.63, 3.8) is 0 Å². The number of nitrogens with one attached hydrogen (secondary N) is 1. The van der Waals surface area contributed by atoms with Gasteiger partial charge in [0.25, 0.3) is 0 Å². The average molecular weight is 289 g/mol. The van der Waals surface area contributed by atoms with E-state index in [9.17, 15) is 0 Å². The Bertz CT molecular complexity index is 271. The monoisotopic (exact) mass is 289 g/mol. The molecule has 0 amide bonds. The molecule has 0 bridgehead atoms. The van der Waals surface area contributed by atoms with Gasteiger partial charge in [0.15, 0.2) is 0 Å². The standard InChI is InChI=1S/C11H16IN/c1-9-3-4-11(7-10(9)2)8-13-6-5-12/h3-4,7,13H,5-6,8H2,1-2H3. The fourth-order valence-electron chi connectivity index (χ4n) is 1.21. The maximum Gasteiger partial charge on any atom is 0.0205 e. The van der Waals surface area contributed by atoms with Gasteiger partial charge in [-0.3, -0.25) is 0 Å². The van der Waals surface area contributed by atoms with Gasteiger partial charge < -0.3 is 5.32 Å². The number of hydrogen-bond donors (Lipinski definition) is 1. The Labute approximate surface area is 94.1 Å². The largest absolute Gasteiger partial charge is 0.312 e. The van der Waals surface area contributed by atoms with Crippen molar-refractivity contribution in [3.05, 3.63) is 34.9 Å². The number of benzene rings is 1. The second-order valence-electron chi connectivity index (χ2n) is 3.28. The van der Waals surface area contributed by atoms with Crippen molar-refractivity contribution in [1.82, 2.24) is 5.32 Å². The summed E-state index contributed by atoms with van der Waals surface area (Å²) in [6.07, 6.45) is 0. The Hall–Kier alpha value is -0.0900. The van der Waals surface area contributed by atoms with Crippen LogP contribution in [0.2, 0.25) is 0 Å². The van der Waals surface area contributed by atoms with Gasteiger partial charge in [-0.2, -0.15) is 0 Å². The molecule has 0 saturated carbocycles. The Morgan fingerprint density at radius 3 is 2.62 bits per heavy atom. The summed E-state index contributed by atoms with van der Waals surface area (Å²) >= 11 is 2.38. The third-order valence-electron chi connectivity index (χ3n) is 2.17. The number of hydrogen-bond acceptors (Lipinski definition) is 1. The van der Waals surface area contributed by atoms with Crippen molar-refractivity contribution in [2.24, 2.45) is 0 Å². The first-order chi connectivity index (χ1) is 6.24. The summed E-state index contributed by atoms with van der Waals surface area (Å²) < 4.78 is 1.17. The van der Waals surface area contributed by atoms with Crippen LogP contribution in [0.1, 0.15) is 16.7 Å². The molecule has 1 N–H and O–H groups in total. The summed E-state index contributed by atoms with van der Waals surface area (Å²) in [5.41, 5.74) is 4.14. The van der Waals surface area contributed by atoms with Gasteiger partial charge in [-0.15, -0.1) is 0 Å². The number of rotatable bonds is 4. The molecule has 0 aliphatic heterocycles. The van der Waals surface area contributed by atoms with Gasteiger partial charge in [-0.05, 0) is 30.5 Å². The molecule has 1 nitrogen and oxygen atoms in total. The van der Waals surface area contributed by atoms with Crippen molar-refractivity contribution >= 4 is 22.6 Å².